The zero-order valence-corrected chi connectivity index (χ0v) is 16.5. The van der Waals surface area contributed by atoms with E-state index in [1.807, 2.05) is 30.3 Å². The van der Waals surface area contributed by atoms with Gasteiger partial charge in [0.1, 0.15) is 6.61 Å². The molecule has 0 bridgehead atoms. The Bertz CT molecular complexity index is 822. The van der Waals surface area contributed by atoms with E-state index >= 15 is 0 Å². The van der Waals surface area contributed by atoms with Crippen molar-refractivity contribution in [3.63, 3.8) is 0 Å². The lowest BCUT2D eigenvalue weighted by atomic mass is 10.2. The van der Waals surface area contributed by atoms with E-state index in [0.29, 0.717) is 28.1 Å². The smallest absolute Gasteiger partial charge is 0.251 e. The fourth-order valence-corrected chi connectivity index (χ4v) is 3.05. The number of ether oxygens (including phenoxy) is 2. The van der Waals surface area contributed by atoms with Gasteiger partial charge >= 0.3 is 0 Å². The Balaban J connectivity index is 1.65. The van der Waals surface area contributed by atoms with Crippen LogP contribution in [0.3, 0.4) is 0 Å². The van der Waals surface area contributed by atoms with Crippen LogP contribution in [0, 0.1) is 0 Å². The van der Waals surface area contributed by atoms with Crippen molar-refractivity contribution in [1.29, 1.82) is 0 Å². The average Bonchev–Trinajstić information content (AvgIpc) is 3.49. The lowest BCUT2D eigenvalue weighted by molar-refractivity contribution is -0.120. The van der Waals surface area contributed by atoms with Crippen LogP contribution in [0.15, 0.2) is 46.9 Å². The second kappa shape index (κ2) is 8.90. The van der Waals surface area contributed by atoms with Crippen molar-refractivity contribution in [3.05, 3.63) is 58.1 Å². The summed E-state index contributed by atoms with van der Waals surface area (Å²) in [6, 6.07) is 13.3. The van der Waals surface area contributed by atoms with Crippen molar-refractivity contribution in [1.82, 2.24) is 10.6 Å². The van der Waals surface area contributed by atoms with Gasteiger partial charge in [0.25, 0.3) is 5.91 Å². The molecule has 2 amide bonds. The molecule has 2 N–H and O–H groups in total. The number of carbonyl (C=O) groups excluding carboxylic acids is 2. The second-order valence-electron chi connectivity index (χ2n) is 6.29. The van der Waals surface area contributed by atoms with Gasteiger partial charge in [-0.15, -0.1) is 0 Å². The van der Waals surface area contributed by atoms with E-state index in [1.54, 1.807) is 12.1 Å². The number of carbonyl (C=O) groups is 2. The molecule has 0 saturated heterocycles. The van der Waals surface area contributed by atoms with Crippen molar-refractivity contribution in [3.8, 4) is 11.5 Å². The highest BCUT2D eigenvalue weighted by Gasteiger charge is 2.23. The molecule has 0 aliphatic heterocycles. The Kier molecular flexibility index (Phi) is 6.34. The molecule has 1 saturated carbocycles. The van der Waals surface area contributed by atoms with Crippen LogP contribution in [-0.2, 0) is 11.4 Å². The highest BCUT2D eigenvalue weighted by Crippen LogP contribution is 2.37. The molecule has 0 aromatic heterocycles. The van der Waals surface area contributed by atoms with Crippen molar-refractivity contribution in [2.75, 3.05) is 13.7 Å². The first-order valence-corrected chi connectivity index (χ1v) is 9.48. The minimum Gasteiger partial charge on any atom is -0.493 e. The molecule has 142 valence electrons. The molecule has 0 spiro atoms. The third-order valence-electron chi connectivity index (χ3n) is 4.07. The van der Waals surface area contributed by atoms with Gasteiger partial charge in [0.05, 0.1) is 18.1 Å². The third kappa shape index (κ3) is 5.47. The Morgan fingerprint density at radius 1 is 1.19 bits per heavy atom. The summed E-state index contributed by atoms with van der Waals surface area (Å²) in [6.45, 7) is 0.324. The summed E-state index contributed by atoms with van der Waals surface area (Å²) in [5.41, 5.74) is 1.40. The fraction of sp³-hybridized carbons (Fsp3) is 0.300. The van der Waals surface area contributed by atoms with Gasteiger partial charge in [0.15, 0.2) is 11.5 Å². The van der Waals surface area contributed by atoms with Gasteiger partial charge in [0.2, 0.25) is 5.91 Å². The largest absolute Gasteiger partial charge is 0.493 e. The first-order chi connectivity index (χ1) is 13.1. The van der Waals surface area contributed by atoms with E-state index in [-0.39, 0.29) is 24.4 Å². The molecule has 0 unspecified atom stereocenters. The summed E-state index contributed by atoms with van der Waals surface area (Å²) in [5.74, 6) is 0.423. The molecule has 0 heterocycles. The molecule has 0 atom stereocenters. The highest BCUT2D eigenvalue weighted by molar-refractivity contribution is 9.10. The summed E-state index contributed by atoms with van der Waals surface area (Å²) in [4.78, 5) is 24.1. The second-order valence-corrected chi connectivity index (χ2v) is 7.14. The number of methoxy groups -OCH3 is 1. The maximum atomic E-state index is 12.4. The van der Waals surface area contributed by atoms with E-state index in [1.165, 1.54) is 7.11 Å². The molecular formula is C20H21BrN2O4. The van der Waals surface area contributed by atoms with Crippen LogP contribution in [-0.4, -0.2) is 31.5 Å². The van der Waals surface area contributed by atoms with Gasteiger partial charge in [0, 0.05) is 11.6 Å². The molecule has 2 aromatic rings. The minimum atomic E-state index is -0.352. The molecule has 0 radical (unpaired) electrons. The van der Waals surface area contributed by atoms with Crippen LogP contribution >= 0.6 is 15.9 Å². The number of nitrogens with one attached hydrogen (secondary N) is 2. The number of rotatable bonds is 8. The Hall–Kier alpha value is -2.54. The van der Waals surface area contributed by atoms with E-state index in [0.717, 1.165) is 18.4 Å². The zero-order valence-electron chi connectivity index (χ0n) is 15.0. The van der Waals surface area contributed by atoms with Crippen LogP contribution < -0.4 is 20.1 Å². The van der Waals surface area contributed by atoms with Gasteiger partial charge in [-0.25, -0.2) is 0 Å². The first kappa shape index (κ1) is 19.2. The van der Waals surface area contributed by atoms with Crippen molar-refractivity contribution < 1.29 is 19.1 Å². The molecular weight excluding hydrogens is 412 g/mol. The predicted molar refractivity (Wildman–Crippen MR) is 105 cm³/mol. The molecule has 1 aliphatic carbocycles. The summed E-state index contributed by atoms with van der Waals surface area (Å²) in [7, 11) is 1.52. The first-order valence-electron chi connectivity index (χ1n) is 8.68. The minimum absolute atomic E-state index is 0.0540. The number of hydrogen-bond donors (Lipinski definition) is 2. The SMILES string of the molecule is COc1cc(C(=O)NCC(=O)NC2CC2)cc(Br)c1OCc1ccccc1. The van der Waals surface area contributed by atoms with E-state index in [2.05, 4.69) is 26.6 Å². The van der Waals surface area contributed by atoms with Crippen LogP contribution in [0.1, 0.15) is 28.8 Å². The van der Waals surface area contributed by atoms with E-state index in [9.17, 15) is 9.59 Å². The third-order valence-corrected chi connectivity index (χ3v) is 4.66. The number of amides is 2. The summed E-state index contributed by atoms with van der Waals surface area (Å²) in [6.07, 6.45) is 2.02. The average molecular weight is 433 g/mol. The standard InChI is InChI=1S/C20H21BrN2O4/c1-26-17-10-14(20(25)22-11-18(24)23-15-7-8-15)9-16(21)19(17)27-12-13-5-3-2-4-6-13/h2-6,9-10,15H,7-8,11-12H2,1H3,(H,22,25)(H,23,24). The Labute approximate surface area is 166 Å². The normalized spacial score (nSPS) is 13.0. The highest BCUT2D eigenvalue weighted by atomic mass is 79.9. The molecule has 6 nitrogen and oxygen atoms in total. The summed E-state index contributed by atoms with van der Waals surface area (Å²) >= 11 is 3.44. The van der Waals surface area contributed by atoms with Gasteiger partial charge in [-0.1, -0.05) is 30.3 Å². The monoisotopic (exact) mass is 432 g/mol. The topological polar surface area (TPSA) is 76.7 Å². The maximum Gasteiger partial charge on any atom is 0.251 e. The molecule has 3 rings (SSSR count). The zero-order chi connectivity index (χ0) is 19.2. The molecule has 7 heteroatoms. The number of halogens is 1. The fourth-order valence-electron chi connectivity index (χ4n) is 2.49. The van der Waals surface area contributed by atoms with Crippen molar-refractivity contribution in [2.45, 2.75) is 25.5 Å². The van der Waals surface area contributed by atoms with Gasteiger partial charge in [-0.05, 0) is 46.5 Å². The summed E-state index contributed by atoms with van der Waals surface area (Å²) in [5, 5.41) is 5.45. The van der Waals surface area contributed by atoms with E-state index in [4.69, 9.17) is 9.47 Å². The maximum absolute atomic E-state index is 12.4. The molecule has 1 aliphatic rings. The van der Waals surface area contributed by atoms with Crippen LogP contribution in [0.5, 0.6) is 11.5 Å². The van der Waals surface area contributed by atoms with Crippen LogP contribution in [0.25, 0.3) is 0 Å². The van der Waals surface area contributed by atoms with Crippen molar-refractivity contribution in [2.24, 2.45) is 0 Å². The van der Waals surface area contributed by atoms with Crippen molar-refractivity contribution >= 4 is 27.7 Å². The lowest BCUT2D eigenvalue weighted by Crippen LogP contribution is -2.37. The van der Waals surface area contributed by atoms with Gasteiger partial charge < -0.3 is 20.1 Å². The quantitative estimate of drug-likeness (QED) is 0.671. The van der Waals surface area contributed by atoms with Crippen LogP contribution in [0.4, 0.5) is 0 Å². The van der Waals surface area contributed by atoms with Crippen LogP contribution in [0.2, 0.25) is 0 Å². The predicted octanol–water partition coefficient (Wildman–Crippen LogP) is 3.05. The number of benzene rings is 2. The number of hydrogen-bond acceptors (Lipinski definition) is 4. The Morgan fingerprint density at radius 2 is 1.93 bits per heavy atom. The molecule has 1 fully saturated rings. The molecule has 27 heavy (non-hydrogen) atoms. The molecule has 2 aromatic carbocycles. The van der Waals surface area contributed by atoms with Gasteiger partial charge in [-0.2, -0.15) is 0 Å². The lowest BCUT2D eigenvalue weighted by Gasteiger charge is -2.14. The Morgan fingerprint density at radius 3 is 2.59 bits per heavy atom. The van der Waals surface area contributed by atoms with E-state index < -0.39 is 0 Å². The summed E-state index contributed by atoms with van der Waals surface area (Å²) < 4.78 is 11.8. The van der Waals surface area contributed by atoms with Gasteiger partial charge in [-0.3, -0.25) is 9.59 Å².